The van der Waals surface area contributed by atoms with E-state index in [1.54, 1.807) is 6.20 Å². The van der Waals surface area contributed by atoms with Crippen LogP contribution in [0.3, 0.4) is 0 Å². The van der Waals surface area contributed by atoms with Gasteiger partial charge in [-0.1, -0.05) is 4.49 Å². The van der Waals surface area contributed by atoms with E-state index in [0.29, 0.717) is 10.6 Å². The van der Waals surface area contributed by atoms with Crippen molar-refractivity contribution in [3.05, 3.63) is 29.7 Å². The van der Waals surface area contributed by atoms with E-state index in [4.69, 9.17) is 0 Å². The van der Waals surface area contributed by atoms with Crippen molar-refractivity contribution in [1.29, 1.82) is 0 Å². The molecule has 0 bridgehead atoms. The average Bonchev–Trinajstić information content (AvgIpc) is 2.82. The minimum Gasteiger partial charge on any atom is -0.385 e. The molecule has 94 valence electrons. The van der Waals surface area contributed by atoms with Crippen LogP contribution in [0.4, 0.5) is 10.7 Å². The van der Waals surface area contributed by atoms with E-state index < -0.39 is 0 Å². The number of pyridine rings is 1. The topological polar surface area (TPSA) is 79.8 Å². The van der Waals surface area contributed by atoms with Crippen LogP contribution in [0.15, 0.2) is 18.5 Å². The van der Waals surface area contributed by atoms with E-state index in [9.17, 15) is 4.79 Å². The van der Waals surface area contributed by atoms with Gasteiger partial charge >= 0.3 is 0 Å². The second-order valence-corrected chi connectivity index (χ2v) is 4.42. The van der Waals surface area contributed by atoms with Crippen molar-refractivity contribution in [2.24, 2.45) is 0 Å². The highest BCUT2D eigenvalue weighted by Gasteiger charge is 2.13. The largest absolute Gasteiger partial charge is 0.385 e. The normalized spacial score (nSPS) is 10.1. The van der Waals surface area contributed by atoms with Gasteiger partial charge in [-0.05, 0) is 19.9 Å². The Morgan fingerprint density at radius 3 is 2.94 bits per heavy atom. The fourth-order valence-corrected chi connectivity index (χ4v) is 1.89. The molecule has 0 fully saturated rings. The number of anilines is 2. The lowest BCUT2D eigenvalue weighted by Crippen LogP contribution is -2.15. The summed E-state index contributed by atoms with van der Waals surface area (Å²) in [5.74, 6) is -0.218. The van der Waals surface area contributed by atoms with Gasteiger partial charge < -0.3 is 10.6 Å². The van der Waals surface area contributed by atoms with Gasteiger partial charge in [0, 0.05) is 30.0 Å². The van der Waals surface area contributed by atoms with Crippen molar-refractivity contribution in [2.75, 3.05) is 17.2 Å². The van der Waals surface area contributed by atoms with Gasteiger partial charge in [0.1, 0.15) is 5.00 Å². The van der Waals surface area contributed by atoms with Crippen molar-refractivity contribution in [2.45, 2.75) is 13.8 Å². The lowest BCUT2D eigenvalue weighted by molar-refractivity contribution is 0.102. The van der Waals surface area contributed by atoms with Crippen molar-refractivity contribution in [3.63, 3.8) is 0 Å². The molecule has 0 aliphatic rings. The molecule has 0 atom stereocenters. The molecule has 2 N–H and O–H groups in total. The number of nitrogens with zero attached hydrogens (tertiary/aromatic N) is 3. The molecular weight excluding hydrogens is 250 g/mol. The molecule has 0 aliphatic heterocycles. The van der Waals surface area contributed by atoms with E-state index >= 15 is 0 Å². The molecule has 0 saturated carbocycles. The van der Waals surface area contributed by atoms with Crippen LogP contribution in [-0.4, -0.2) is 27.0 Å². The molecule has 18 heavy (non-hydrogen) atoms. The van der Waals surface area contributed by atoms with Crippen LogP contribution in [0.1, 0.15) is 23.0 Å². The number of carbonyl (C=O) groups excluding carboxylic acids is 1. The van der Waals surface area contributed by atoms with Crippen LogP contribution >= 0.6 is 11.5 Å². The van der Waals surface area contributed by atoms with Crippen molar-refractivity contribution in [1.82, 2.24) is 14.6 Å². The number of hydrogen-bond acceptors (Lipinski definition) is 6. The van der Waals surface area contributed by atoms with E-state index in [1.807, 2.05) is 19.9 Å². The Bertz CT molecular complexity index is 540. The molecule has 0 aromatic carbocycles. The Kier molecular flexibility index (Phi) is 3.83. The third kappa shape index (κ3) is 2.80. The summed E-state index contributed by atoms with van der Waals surface area (Å²) in [4.78, 5) is 16.2. The maximum absolute atomic E-state index is 12.1. The number of rotatable bonds is 4. The number of aryl methyl sites for hydroxylation is 1. The number of carbonyl (C=O) groups is 1. The lowest BCUT2D eigenvalue weighted by atomic mass is 10.2. The van der Waals surface area contributed by atoms with Gasteiger partial charge in [0.15, 0.2) is 0 Å². The summed E-state index contributed by atoms with van der Waals surface area (Å²) in [6.07, 6.45) is 3.08. The molecule has 0 aliphatic carbocycles. The first-order valence-electron chi connectivity index (χ1n) is 5.50. The van der Waals surface area contributed by atoms with Gasteiger partial charge in [-0.15, -0.1) is 5.10 Å². The Morgan fingerprint density at radius 1 is 1.44 bits per heavy atom. The van der Waals surface area contributed by atoms with Gasteiger partial charge in [0.2, 0.25) is 0 Å². The molecular formula is C11H13N5OS. The predicted octanol–water partition coefficient (Wildman–Crippen LogP) is 1.93. The second-order valence-electron chi connectivity index (χ2n) is 3.64. The molecule has 2 aromatic rings. The van der Waals surface area contributed by atoms with Crippen molar-refractivity contribution >= 4 is 28.1 Å². The summed E-state index contributed by atoms with van der Waals surface area (Å²) in [6, 6.07) is 1.85. The Morgan fingerprint density at radius 2 is 2.28 bits per heavy atom. The number of aromatic nitrogens is 3. The summed E-state index contributed by atoms with van der Waals surface area (Å²) >= 11 is 1.13. The van der Waals surface area contributed by atoms with Crippen molar-refractivity contribution in [3.8, 4) is 0 Å². The highest BCUT2D eigenvalue weighted by Crippen LogP contribution is 2.18. The maximum Gasteiger partial charge on any atom is 0.260 e. The van der Waals surface area contributed by atoms with Crippen LogP contribution in [-0.2, 0) is 0 Å². The van der Waals surface area contributed by atoms with E-state index in [2.05, 4.69) is 25.2 Å². The third-order valence-corrected chi connectivity index (χ3v) is 2.83. The summed E-state index contributed by atoms with van der Waals surface area (Å²) < 4.78 is 3.69. The molecule has 6 nitrogen and oxygen atoms in total. The van der Waals surface area contributed by atoms with E-state index in [1.165, 1.54) is 6.20 Å². The smallest absolute Gasteiger partial charge is 0.260 e. The molecule has 7 heteroatoms. The fourth-order valence-electron chi connectivity index (χ4n) is 1.48. The SMILES string of the molecule is CCNc1cc(C)ncc1C(=O)Nc1cnns1. The molecule has 0 saturated heterocycles. The van der Waals surface area contributed by atoms with Crippen LogP contribution in [0.2, 0.25) is 0 Å². The first kappa shape index (κ1) is 12.4. The maximum atomic E-state index is 12.1. The fraction of sp³-hybridized carbons (Fsp3) is 0.273. The van der Waals surface area contributed by atoms with E-state index in [-0.39, 0.29) is 5.91 Å². The zero-order valence-corrected chi connectivity index (χ0v) is 10.9. The minimum absolute atomic E-state index is 0.218. The second kappa shape index (κ2) is 5.54. The molecule has 2 heterocycles. The average molecular weight is 263 g/mol. The van der Waals surface area contributed by atoms with Gasteiger partial charge in [0.05, 0.1) is 17.4 Å². The minimum atomic E-state index is -0.218. The molecule has 0 radical (unpaired) electrons. The Balaban J connectivity index is 2.23. The summed E-state index contributed by atoms with van der Waals surface area (Å²) in [7, 11) is 0. The molecule has 2 rings (SSSR count). The van der Waals surface area contributed by atoms with Gasteiger partial charge in [-0.2, -0.15) is 0 Å². The number of hydrogen-bond donors (Lipinski definition) is 2. The van der Waals surface area contributed by atoms with Gasteiger partial charge in [0.25, 0.3) is 5.91 Å². The highest BCUT2D eigenvalue weighted by molar-refractivity contribution is 7.10. The monoisotopic (exact) mass is 263 g/mol. The first-order chi connectivity index (χ1) is 8.70. The molecule has 0 unspecified atom stereocenters. The Labute approximate surface area is 109 Å². The summed E-state index contributed by atoms with van der Waals surface area (Å²) in [6.45, 7) is 4.60. The number of amides is 1. The van der Waals surface area contributed by atoms with Crippen LogP contribution in [0.25, 0.3) is 0 Å². The number of nitrogens with one attached hydrogen (secondary N) is 2. The van der Waals surface area contributed by atoms with Crippen LogP contribution < -0.4 is 10.6 Å². The standard InChI is InChI=1S/C11H13N5OS/c1-3-12-9-4-7(2)13-5-8(9)11(17)15-10-6-14-16-18-10/h4-6H,3H2,1-2H3,(H,12,13)(H,15,17). The zero-order chi connectivity index (χ0) is 13.0. The predicted molar refractivity (Wildman–Crippen MR) is 71.0 cm³/mol. The molecule has 0 spiro atoms. The van der Waals surface area contributed by atoms with E-state index in [0.717, 1.165) is 29.5 Å². The Hall–Kier alpha value is -2.02. The summed E-state index contributed by atoms with van der Waals surface area (Å²) in [5, 5.41) is 10.2. The molecule has 2 aromatic heterocycles. The third-order valence-electron chi connectivity index (χ3n) is 2.25. The van der Waals surface area contributed by atoms with Crippen molar-refractivity contribution < 1.29 is 4.79 Å². The quantitative estimate of drug-likeness (QED) is 0.881. The zero-order valence-electron chi connectivity index (χ0n) is 10.1. The first-order valence-corrected chi connectivity index (χ1v) is 6.27. The van der Waals surface area contributed by atoms with Crippen LogP contribution in [0.5, 0.6) is 0 Å². The highest BCUT2D eigenvalue weighted by atomic mass is 32.1. The molecule has 1 amide bonds. The van der Waals surface area contributed by atoms with Gasteiger partial charge in [-0.25, -0.2) is 0 Å². The van der Waals surface area contributed by atoms with Crippen LogP contribution in [0, 0.1) is 6.92 Å². The summed E-state index contributed by atoms with van der Waals surface area (Å²) in [5.41, 5.74) is 2.15. The van der Waals surface area contributed by atoms with Gasteiger partial charge in [-0.3, -0.25) is 9.78 Å². The lowest BCUT2D eigenvalue weighted by Gasteiger charge is -2.10.